The first-order valence-electron chi connectivity index (χ1n) is 8.37. The average Bonchev–Trinajstić information content (AvgIpc) is 2.96. The molecule has 1 heterocycles. The van der Waals surface area contributed by atoms with Gasteiger partial charge in [-0.1, -0.05) is 41.9 Å². The van der Waals surface area contributed by atoms with Crippen LogP contribution in [0, 0.1) is 6.92 Å². The zero-order valence-corrected chi connectivity index (χ0v) is 16.1. The van der Waals surface area contributed by atoms with Crippen molar-refractivity contribution in [2.24, 2.45) is 0 Å². The minimum absolute atomic E-state index is 0.0133. The van der Waals surface area contributed by atoms with E-state index in [0.29, 0.717) is 23.7 Å². The molecule has 6 heteroatoms. The molecule has 0 saturated heterocycles. The summed E-state index contributed by atoms with van der Waals surface area (Å²) >= 11 is 7.52. The second kappa shape index (κ2) is 8.92. The highest BCUT2D eigenvalue weighted by Gasteiger charge is 2.10. The van der Waals surface area contributed by atoms with Crippen molar-refractivity contribution in [3.8, 4) is 0 Å². The predicted octanol–water partition coefficient (Wildman–Crippen LogP) is 5.01. The van der Waals surface area contributed by atoms with Crippen molar-refractivity contribution in [1.29, 1.82) is 0 Å². The summed E-state index contributed by atoms with van der Waals surface area (Å²) in [4.78, 5) is 13.4. The van der Waals surface area contributed by atoms with Gasteiger partial charge in [0.05, 0.1) is 12.2 Å². The molecule has 0 aliphatic rings. The number of halogens is 1. The molecule has 3 aromatic rings. The summed E-state index contributed by atoms with van der Waals surface area (Å²) in [6, 6.07) is 19.6. The minimum Gasteiger partial charge on any atom is -0.311 e. The molecular formula is C20H20ClN3OS. The highest BCUT2D eigenvalue weighted by atomic mass is 35.5. The molecule has 4 nitrogen and oxygen atoms in total. The summed E-state index contributed by atoms with van der Waals surface area (Å²) in [5.74, 6) is 1.42. The number of rotatable bonds is 7. The maximum Gasteiger partial charge on any atom is 0.226 e. The van der Waals surface area contributed by atoms with Gasteiger partial charge in [0.25, 0.3) is 0 Å². The third kappa shape index (κ3) is 5.38. The predicted molar refractivity (Wildman–Crippen MR) is 108 cm³/mol. The Bertz CT molecular complexity index is 863. The van der Waals surface area contributed by atoms with Crippen LogP contribution in [0.2, 0.25) is 5.02 Å². The SMILES string of the molecule is Cc1cc(NC(=O)CCSc2ccc(Cl)cc2)n(Cc2ccccc2)n1. The van der Waals surface area contributed by atoms with Crippen LogP contribution in [0.1, 0.15) is 17.7 Å². The van der Waals surface area contributed by atoms with Crippen molar-refractivity contribution < 1.29 is 4.79 Å². The average molecular weight is 386 g/mol. The number of hydrogen-bond donors (Lipinski definition) is 1. The molecule has 0 aliphatic heterocycles. The van der Waals surface area contributed by atoms with E-state index in [-0.39, 0.29) is 5.91 Å². The van der Waals surface area contributed by atoms with E-state index in [1.54, 1.807) is 11.8 Å². The van der Waals surface area contributed by atoms with E-state index in [0.717, 1.165) is 22.0 Å². The van der Waals surface area contributed by atoms with Gasteiger partial charge >= 0.3 is 0 Å². The Balaban J connectivity index is 1.54. The van der Waals surface area contributed by atoms with E-state index >= 15 is 0 Å². The molecular weight excluding hydrogens is 366 g/mol. The van der Waals surface area contributed by atoms with E-state index in [1.807, 2.05) is 72.3 Å². The van der Waals surface area contributed by atoms with Crippen LogP contribution in [0.5, 0.6) is 0 Å². The van der Waals surface area contributed by atoms with Gasteiger partial charge in [0, 0.05) is 28.2 Å². The molecule has 0 radical (unpaired) electrons. The number of benzene rings is 2. The first-order valence-corrected chi connectivity index (χ1v) is 9.73. The van der Waals surface area contributed by atoms with Gasteiger partial charge in [0.2, 0.25) is 5.91 Å². The molecule has 134 valence electrons. The number of nitrogens with one attached hydrogen (secondary N) is 1. The Kier molecular flexibility index (Phi) is 6.36. The first kappa shape index (κ1) is 18.5. The highest BCUT2D eigenvalue weighted by Crippen LogP contribution is 2.21. The molecule has 1 N–H and O–H groups in total. The summed E-state index contributed by atoms with van der Waals surface area (Å²) < 4.78 is 1.83. The number of aromatic nitrogens is 2. The Morgan fingerprint density at radius 2 is 1.88 bits per heavy atom. The van der Waals surface area contributed by atoms with E-state index in [2.05, 4.69) is 10.4 Å². The van der Waals surface area contributed by atoms with Gasteiger partial charge in [-0.15, -0.1) is 11.8 Å². The lowest BCUT2D eigenvalue weighted by Crippen LogP contribution is -2.16. The fourth-order valence-electron chi connectivity index (χ4n) is 2.52. The summed E-state index contributed by atoms with van der Waals surface area (Å²) in [5.41, 5.74) is 2.02. The number of hydrogen-bond acceptors (Lipinski definition) is 3. The second-order valence-electron chi connectivity index (χ2n) is 5.91. The molecule has 2 aromatic carbocycles. The smallest absolute Gasteiger partial charge is 0.226 e. The number of thioether (sulfide) groups is 1. The van der Waals surface area contributed by atoms with Gasteiger partial charge in [0.1, 0.15) is 5.82 Å². The number of carbonyl (C=O) groups excluding carboxylic acids is 1. The van der Waals surface area contributed by atoms with Gasteiger partial charge in [0.15, 0.2) is 0 Å². The quantitative estimate of drug-likeness (QED) is 0.581. The van der Waals surface area contributed by atoms with Crippen LogP contribution in [-0.2, 0) is 11.3 Å². The molecule has 0 saturated carbocycles. The van der Waals surface area contributed by atoms with Gasteiger partial charge in [-0.2, -0.15) is 5.10 Å². The largest absolute Gasteiger partial charge is 0.311 e. The van der Waals surface area contributed by atoms with Crippen molar-refractivity contribution in [3.05, 3.63) is 76.9 Å². The van der Waals surface area contributed by atoms with Crippen molar-refractivity contribution in [3.63, 3.8) is 0 Å². The van der Waals surface area contributed by atoms with Gasteiger partial charge in [-0.25, -0.2) is 4.68 Å². The summed E-state index contributed by atoms with van der Waals surface area (Å²) in [6.07, 6.45) is 0.433. The molecule has 0 fully saturated rings. The van der Waals surface area contributed by atoms with Gasteiger partial charge in [-0.05, 0) is 36.8 Å². The monoisotopic (exact) mass is 385 g/mol. The standard InChI is InChI=1S/C20H20ClN3OS/c1-15-13-19(24(23-15)14-16-5-3-2-4-6-16)22-20(25)11-12-26-18-9-7-17(21)8-10-18/h2-10,13H,11-12,14H2,1H3,(H,22,25). The third-order valence-electron chi connectivity index (χ3n) is 3.76. The van der Waals surface area contributed by atoms with E-state index in [9.17, 15) is 4.79 Å². The Labute approximate surface area is 162 Å². The normalized spacial score (nSPS) is 10.7. The van der Waals surface area contributed by atoms with Gasteiger partial charge in [-0.3, -0.25) is 4.79 Å². The van der Waals surface area contributed by atoms with Crippen molar-refractivity contribution in [2.45, 2.75) is 24.8 Å². The molecule has 26 heavy (non-hydrogen) atoms. The first-order chi connectivity index (χ1) is 12.6. The van der Waals surface area contributed by atoms with Crippen molar-refractivity contribution >= 4 is 35.1 Å². The fraction of sp³-hybridized carbons (Fsp3) is 0.200. The number of amides is 1. The lowest BCUT2D eigenvalue weighted by molar-refractivity contribution is -0.115. The fourth-order valence-corrected chi connectivity index (χ4v) is 3.50. The molecule has 3 rings (SSSR count). The van der Waals surface area contributed by atoms with E-state index in [4.69, 9.17) is 11.6 Å². The summed E-state index contributed by atoms with van der Waals surface area (Å²) in [6.45, 7) is 2.55. The number of anilines is 1. The van der Waals surface area contributed by atoms with Crippen LogP contribution in [0.15, 0.2) is 65.6 Å². The van der Waals surface area contributed by atoms with Crippen LogP contribution < -0.4 is 5.32 Å². The van der Waals surface area contributed by atoms with E-state index < -0.39 is 0 Å². The molecule has 0 spiro atoms. The lowest BCUT2D eigenvalue weighted by Gasteiger charge is -2.09. The van der Waals surface area contributed by atoms with Crippen LogP contribution >= 0.6 is 23.4 Å². The second-order valence-corrected chi connectivity index (χ2v) is 7.52. The minimum atomic E-state index is -0.0133. The maximum absolute atomic E-state index is 12.3. The molecule has 1 amide bonds. The zero-order chi connectivity index (χ0) is 18.4. The van der Waals surface area contributed by atoms with Crippen LogP contribution in [-0.4, -0.2) is 21.4 Å². The van der Waals surface area contributed by atoms with Crippen molar-refractivity contribution in [1.82, 2.24) is 9.78 Å². The molecule has 1 aromatic heterocycles. The Morgan fingerprint density at radius 3 is 2.62 bits per heavy atom. The summed E-state index contributed by atoms with van der Waals surface area (Å²) in [7, 11) is 0. The molecule has 0 unspecified atom stereocenters. The zero-order valence-electron chi connectivity index (χ0n) is 14.5. The topological polar surface area (TPSA) is 46.9 Å². The Hall–Kier alpha value is -2.24. The van der Waals surface area contributed by atoms with Crippen molar-refractivity contribution in [2.75, 3.05) is 11.1 Å². The number of carbonyl (C=O) groups is 1. The van der Waals surface area contributed by atoms with Crippen LogP contribution in [0.3, 0.4) is 0 Å². The molecule has 0 atom stereocenters. The van der Waals surface area contributed by atoms with Gasteiger partial charge < -0.3 is 5.32 Å². The van der Waals surface area contributed by atoms with Crippen LogP contribution in [0.4, 0.5) is 5.82 Å². The lowest BCUT2D eigenvalue weighted by atomic mass is 10.2. The molecule has 0 aliphatic carbocycles. The van der Waals surface area contributed by atoms with Crippen LogP contribution in [0.25, 0.3) is 0 Å². The highest BCUT2D eigenvalue weighted by molar-refractivity contribution is 7.99. The van der Waals surface area contributed by atoms with E-state index in [1.165, 1.54) is 0 Å². The molecule has 0 bridgehead atoms. The number of nitrogens with zero attached hydrogens (tertiary/aromatic N) is 2. The Morgan fingerprint density at radius 1 is 1.15 bits per heavy atom. The maximum atomic E-state index is 12.3. The third-order valence-corrected chi connectivity index (χ3v) is 5.02. The number of aryl methyl sites for hydroxylation is 1. The summed E-state index contributed by atoms with van der Waals surface area (Å²) in [5, 5.41) is 8.17.